The number of hydrogen-bond acceptors (Lipinski definition) is 3. The molecule has 30 heavy (non-hydrogen) atoms. The van der Waals surface area contributed by atoms with Crippen LogP contribution in [-0.4, -0.2) is 24.1 Å². The van der Waals surface area contributed by atoms with Gasteiger partial charge in [0.2, 0.25) is 5.91 Å². The number of carbonyl (C=O) groups is 1. The second kappa shape index (κ2) is 10.6. The minimum Gasteiger partial charge on any atom is -0.369 e. The van der Waals surface area contributed by atoms with Crippen LogP contribution in [0.4, 0.5) is 11.4 Å². The van der Waals surface area contributed by atoms with E-state index in [0.717, 1.165) is 42.9 Å². The first kappa shape index (κ1) is 22.3. The average molecular weight is 442 g/mol. The summed E-state index contributed by atoms with van der Waals surface area (Å²) in [4.78, 5) is 14.6. The van der Waals surface area contributed by atoms with E-state index in [1.165, 1.54) is 18.1 Å². The molecule has 0 radical (unpaired) electrons. The molecule has 2 N–H and O–H groups in total. The molecule has 0 saturated carbocycles. The van der Waals surface area contributed by atoms with Gasteiger partial charge in [0, 0.05) is 19.2 Å². The quantitative estimate of drug-likeness (QED) is 0.442. The van der Waals surface area contributed by atoms with Crippen LogP contribution in [0.5, 0.6) is 0 Å². The molecule has 1 amide bonds. The van der Waals surface area contributed by atoms with E-state index < -0.39 is 0 Å². The SMILES string of the molecule is CC(C)c1ccc(/C=C/C(=O)NC(=S)Nc2cccc(Cl)c2N2CCCCC2)cc1. The Morgan fingerprint density at radius 3 is 2.47 bits per heavy atom. The number of hydrogen-bond donors (Lipinski definition) is 2. The molecule has 1 saturated heterocycles. The van der Waals surface area contributed by atoms with Crippen LogP contribution in [0, 0.1) is 0 Å². The zero-order valence-corrected chi connectivity index (χ0v) is 19.0. The van der Waals surface area contributed by atoms with E-state index in [1.807, 2.05) is 30.3 Å². The molecule has 0 atom stereocenters. The van der Waals surface area contributed by atoms with E-state index in [1.54, 1.807) is 6.08 Å². The van der Waals surface area contributed by atoms with E-state index in [2.05, 4.69) is 41.5 Å². The van der Waals surface area contributed by atoms with Crippen molar-refractivity contribution >= 4 is 52.3 Å². The molecule has 4 nitrogen and oxygen atoms in total. The Balaban J connectivity index is 1.61. The molecule has 2 aromatic carbocycles. The maximum Gasteiger partial charge on any atom is 0.250 e. The highest BCUT2D eigenvalue weighted by Gasteiger charge is 2.18. The number of benzene rings is 2. The van der Waals surface area contributed by atoms with Gasteiger partial charge in [-0.15, -0.1) is 0 Å². The number of piperidine rings is 1. The lowest BCUT2D eigenvalue weighted by Gasteiger charge is -2.31. The van der Waals surface area contributed by atoms with Crippen LogP contribution in [0.3, 0.4) is 0 Å². The molecule has 1 heterocycles. The maximum atomic E-state index is 12.3. The highest BCUT2D eigenvalue weighted by Crippen LogP contribution is 2.35. The lowest BCUT2D eigenvalue weighted by Crippen LogP contribution is -2.34. The Morgan fingerprint density at radius 1 is 1.10 bits per heavy atom. The van der Waals surface area contributed by atoms with Crippen molar-refractivity contribution in [2.24, 2.45) is 0 Å². The number of nitrogens with zero attached hydrogens (tertiary/aromatic N) is 1. The number of para-hydroxylation sites is 1. The summed E-state index contributed by atoms with van der Waals surface area (Å²) in [5.41, 5.74) is 3.99. The van der Waals surface area contributed by atoms with Crippen molar-refractivity contribution in [1.82, 2.24) is 5.32 Å². The summed E-state index contributed by atoms with van der Waals surface area (Å²) in [5.74, 6) is 0.207. The lowest BCUT2D eigenvalue weighted by atomic mass is 10.0. The van der Waals surface area contributed by atoms with Gasteiger partial charge in [-0.1, -0.05) is 55.8 Å². The van der Waals surface area contributed by atoms with Gasteiger partial charge in [-0.25, -0.2) is 0 Å². The molecule has 1 aliphatic heterocycles. The maximum absolute atomic E-state index is 12.3. The van der Waals surface area contributed by atoms with Crippen LogP contribution in [-0.2, 0) is 4.79 Å². The number of thiocarbonyl (C=S) groups is 1. The van der Waals surface area contributed by atoms with Gasteiger partial charge in [-0.05, 0) is 66.7 Å². The molecular weight excluding hydrogens is 414 g/mol. The number of amides is 1. The zero-order valence-electron chi connectivity index (χ0n) is 17.5. The van der Waals surface area contributed by atoms with Gasteiger partial charge >= 0.3 is 0 Å². The van der Waals surface area contributed by atoms with Gasteiger partial charge in [0.25, 0.3) is 0 Å². The minimum atomic E-state index is -0.276. The van der Waals surface area contributed by atoms with E-state index in [-0.39, 0.29) is 11.0 Å². The number of nitrogens with one attached hydrogen (secondary N) is 2. The molecule has 1 aliphatic rings. The van der Waals surface area contributed by atoms with Gasteiger partial charge in [-0.3, -0.25) is 10.1 Å². The third-order valence-corrected chi connectivity index (χ3v) is 5.68. The molecule has 3 rings (SSSR count). The van der Waals surface area contributed by atoms with Crippen molar-refractivity contribution in [2.75, 3.05) is 23.3 Å². The van der Waals surface area contributed by atoms with Gasteiger partial charge in [0.05, 0.1) is 16.4 Å². The van der Waals surface area contributed by atoms with Crippen molar-refractivity contribution in [3.05, 3.63) is 64.7 Å². The van der Waals surface area contributed by atoms with Crippen molar-refractivity contribution in [3.63, 3.8) is 0 Å². The van der Waals surface area contributed by atoms with Gasteiger partial charge in [-0.2, -0.15) is 0 Å². The average Bonchev–Trinajstić information content (AvgIpc) is 2.73. The third-order valence-electron chi connectivity index (χ3n) is 5.17. The molecular formula is C24H28ClN3OS. The molecule has 158 valence electrons. The molecule has 0 aromatic heterocycles. The fraction of sp³-hybridized carbons (Fsp3) is 0.333. The van der Waals surface area contributed by atoms with Crippen LogP contribution < -0.4 is 15.5 Å². The first-order chi connectivity index (χ1) is 14.4. The van der Waals surface area contributed by atoms with Crippen LogP contribution >= 0.6 is 23.8 Å². The summed E-state index contributed by atoms with van der Waals surface area (Å²) in [6.45, 7) is 6.25. The van der Waals surface area contributed by atoms with Crippen molar-refractivity contribution in [2.45, 2.75) is 39.0 Å². The van der Waals surface area contributed by atoms with Gasteiger partial charge < -0.3 is 10.2 Å². The fourth-order valence-electron chi connectivity index (χ4n) is 3.53. The standard InChI is InChI=1S/C24H28ClN3OS/c1-17(2)19-12-9-18(10-13-19)11-14-22(29)27-24(30)26-21-8-6-7-20(25)23(21)28-15-4-3-5-16-28/h6-14,17H,3-5,15-16H2,1-2H3,(H2,26,27,29,30)/b14-11+. The summed E-state index contributed by atoms with van der Waals surface area (Å²) in [5, 5.41) is 6.78. The summed E-state index contributed by atoms with van der Waals surface area (Å²) in [6, 6.07) is 13.9. The molecule has 0 aliphatic carbocycles. The van der Waals surface area contributed by atoms with E-state index in [0.29, 0.717) is 10.9 Å². The molecule has 1 fully saturated rings. The normalized spacial score (nSPS) is 14.2. The van der Waals surface area contributed by atoms with Crippen molar-refractivity contribution < 1.29 is 4.79 Å². The Morgan fingerprint density at radius 2 is 1.80 bits per heavy atom. The first-order valence-electron chi connectivity index (χ1n) is 10.4. The first-order valence-corrected chi connectivity index (χ1v) is 11.2. The van der Waals surface area contributed by atoms with Crippen LogP contribution in [0.1, 0.15) is 50.2 Å². The molecule has 0 unspecified atom stereocenters. The third kappa shape index (κ3) is 6.07. The van der Waals surface area contributed by atoms with E-state index in [9.17, 15) is 4.79 Å². The number of anilines is 2. The lowest BCUT2D eigenvalue weighted by molar-refractivity contribution is -0.115. The summed E-state index contributed by atoms with van der Waals surface area (Å²) >= 11 is 11.8. The highest BCUT2D eigenvalue weighted by molar-refractivity contribution is 7.80. The van der Waals surface area contributed by atoms with Crippen molar-refractivity contribution in [1.29, 1.82) is 0 Å². The molecule has 0 bridgehead atoms. The van der Waals surface area contributed by atoms with E-state index >= 15 is 0 Å². The number of rotatable bonds is 5. The molecule has 0 spiro atoms. The Kier molecular flexibility index (Phi) is 7.88. The monoisotopic (exact) mass is 441 g/mol. The second-order valence-corrected chi connectivity index (χ2v) is 8.60. The summed E-state index contributed by atoms with van der Waals surface area (Å²) in [7, 11) is 0. The Hall–Kier alpha value is -2.37. The predicted molar refractivity (Wildman–Crippen MR) is 131 cm³/mol. The topological polar surface area (TPSA) is 44.4 Å². The van der Waals surface area contributed by atoms with Crippen molar-refractivity contribution in [3.8, 4) is 0 Å². The smallest absolute Gasteiger partial charge is 0.250 e. The largest absolute Gasteiger partial charge is 0.369 e. The highest BCUT2D eigenvalue weighted by atomic mass is 35.5. The fourth-order valence-corrected chi connectivity index (χ4v) is 4.03. The molecule has 2 aromatic rings. The van der Waals surface area contributed by atoms with Crippen LogP contribution in [0.15, 0.2) is 48.5 Å². The summed E-state index contributed by atoms with van der Waals surface area (Å²) in [6.07, 6.45) is 6.80. The van der Waals surface area contributed by atoms with Crippen LogP contribution in [0.2, 0.25) is 5.02 Å². The Labute approximate surface area is 189 Å². The number of halogens is 1. The minimum absolute atomic E-state index is 0.250. The Bertz CT molecular complexity index is 919. The van der Waals surface area contributed by atoms with Gasteiger partial charge in [0.1, 0.15) is 0 Å². The second-order valence-electron chi connectivity index (χ2n) is 7.78. The van der Waals surface area contributed by atoms with Gasteiger partial charge in [0.15, 0.2) is 5.11 Å². The van der Waals surface area contributed by atoms with E-state index in [4.69, 9.17) is 23.8 Å². The zero-order chi connectivity index (χ0) is 21.5. The van der Waals surface area contributed by atoms with Crippen LogP contribution in [0.25, 0.3) is 6.08 Å². The number of carbonyl (C=O) groups excluding carboxylic acids is 1. The summed E-state index contributed by atoms with van der Waals surface area (Å²) < 4.78 is 0. The predicted octanol–water partition coefficient (Wildman–Crippen LogP) is 5.98. The molecule has 6 heteroatoms.